The van der Waals surface area contributed by atoms with E-state index in [0.29, 0.717) is 0 Å². The molecule has 96 valence electrons. The van der Waals surface area contributed by atoms with E-state index >= 15 is 0 Å². The molecule has 0 atom stereocenters. The van der Waals surface area contributed by atoms with Gasteiger partial charge in [0.05, 0.1) is 10.7 Å². The predicted octanol–water partition coefficient (Wildman–Crippen LogP) is 3.91. The Morgan fingerprint density at radius 1 is 1.24 bits per heavy atom. The lowest BCUT2D eigenvalue weighted by Gasteiger charge is -2.20. The van der Waals surface area contributed by atoms with Crippen molar-refractivity contribution in [3.05, 3.63) is 16.1 Å². The Morgan fingerprint density at radius 3 is 2.59 bits per heavy atom. The molecule has 0 amide bonds. The van der Waals surface area contributed by atoms with Gasteiger partial charge in [0.25, 0.3) is 0 Å². The first-order valence-corrected chi connectivity index (χ1v) is 7.93. The summed E-state index contributed by atoms with van der Waals surface area (Å²) in [6, 6.07) is 0.724. The number of thiazole rings is 1. The topological polar surface area (TPSA) is 24.9 Å². The van der Waals surface area contributed by atoms with Crippen LogP contribution in [-0.2, 0) is 13.0 Å². The fraction of sp³-hybridized carbons (Fsp3) is 0.786. The second kappa shape index (κ2) is 7.12. The van der Waals surface area contributed by atoms with Crippen LogP contribution in [0.25, 0.3) is 0 Å². The lowest BCUT2D eigenvalue weighted by atomic mass is 9.97. The van der Waals surface area contributed by atoms with E-state index in [4.69, 9.17) is 0 Å². The zero-order valence-electron chi connectivity index (χ0n) is 10.9. The Bertz CT molecular complexity index is 314. The van der Waals surface area contributed by atoms with E-state index < -0.39 is 0 Å². The van der Waals surface area contributed by atoms with Crippen LogP contribution >= 0.6 is 11.3 Å². The number of aromatic nitrogens is 1. The number of hydrogen-bond donors (Lipinski definition) is 1. The highest BCUT2D eigenvalue weighted by molar-refractivity contribution is 7.09. The van der Waals surface area contributed by atoms with Gasteiger partial charge in [-0.1, -0.05) is 39.0 Å². The van der Waals surface area contributed by atoms with Gasteiger partial charge < -0.3 is 5.32 Å². The maximum atomic E-state index is 4.61. The Labute approximate surface area is 109 Å². The third kappa shape index (κ3) is 4.40. The Balaban J connectivity index is 1.75. The van der Waals surface area contributed by atoms with Gasteiger partial charge in [-0.25, -0.2) is 4.98 Å². The van der Waals surface area contributed by atoms with Crippen LogP contribution in [0.2, 0.25) is 0 Å². The molecule has 1 aromatic rings. The quantitative estimate of drug-likeness (QED) is 0.879. The fourth-order valence-electron chi connectivity index (χ4n) is 2.50. The average Bonchev–Trinajstić information content (AvgIpc) is 2.75. The molecule has 1 aliphatic rings. The minimum Gasteiger partial charge on any atom is -0.308 e. The SMILES string of the molecule is CCc1nc(CNC2CCCCCCC2)cs1. The van der Waals surface area contributed by atoms with Crippen molar-refractivity contribution in [1.82, 2.24) is 10.3 Å². The Hall–Kier alpha value is -0.410. The van der Waals surface area contributed by atoms with Crippen molar-refractivity contribution < 1.29 is 0 Å². The smallest absolute Gasteiger partial charge is 0.0926 e. The fourth-order valence-corrected chi connectivity index (χ4v) is 3.25. The number of rotatable bonds is 4. The van der Waals surface area contributed by atoms with Crippen molar-refractivity contribution in [2.45, 2.75) is 70.9 Å². The largest absolute Gasteiger partial charge is 0.308 e. The second-order valence-corrected chi connectivity index (χ2v) is 5.95. The van der Waals surface area contributed by atoms with E-state index in [1.54, 1.807) is 11.3 Å². The minimum atomic E-state index is 0.724. The molecule has 1 saturated carbocycles. The number of aryl methyl sites for hydroxylation is 1. The van der Waals surface area contributed by atoms with Gasteiger partial charge in [0.1, 0.15) is 0 Å². The van der Waals surface area contributed by atoms with Crippen LogP contribution in [0.3, 0.4) is 0 Å². The molecule has 1 heterocycles. The molecule has 0 saturated heterocycles. The number of nitrogens with one attached hydrogen (secondary N) is 1. The monoisotopic (exact) mass is 252 g/mol. The van der Waals surface area contributed by atoms with Gasteiger partial charge in [-0.05, 0) is 19.3 Å². The highest BCUT2D eigenvalue weighted by Crippen LogP contribution is 2.18. The van der Waals surface area contributed by atoms with Gasteiger partial charge in [0, 0.05) is 18.0 Å². The maximum absolute atomic E-state index is 4.61. The maximum Gasteiger partial charge on any atom is 0.0926 e. The first-order valence-electron chi connectivity index (χ1n) is 7.05. The molecule has 1 fully saturated rings. The summed E-state index contributed by atoms with van der Waals surface area (Å²) in [5.74, 6) is 0. The molecule has 17 heavy (non-hydrogen) atoms. The van der Waals surface area contributed by atoms with Crippen molar-refractivity contribution >= 4 is 11.3 Å². The summed E-state index contributed by atoms with van der Waals surface area (Å²) in [7, 11) is 0. The Morgan fingerprint density at radius 2 is 1.94 bits per heavy atom. The van der Waals surface area contributed by atoms with Crippen LogP contribution in [0.1, 0.15) is 62.6 Å². The summed E-state index contributed by atoms with van der Waals surface area (Å²) >= 11 is 1.79. The molecule has 1 aliphatic carbocycles. The zero-order valence-corrected chi connectivity index (χ0v) is 11.7. The first-order chi connectivity index (χ1) is 8.38. The molecule has 1 aromatic heterocycles. The van der Waals surface area contributed by atoms with E-state index in [1.165, 1.54) is 55.6 Å². The summed E-state index contributed by atoms with van der Waals surface area (Å²) < 4.78 is 0. The molecule has 0 unspecified atom stereocenters. The molecule has 0 radical (unpaired) electrons. The second-order valence-electron chi connectivity index (χ2n) is 5.01. The summed E-state index contributed by atoms with van der Waals surface area (Å²) in [6.07, 6.45) is 10.9. The van der Waals surface area contributed by atoms with Crippen molar-refractivity contribution in [2.24, 2.45) is 0 Å². The first kappa shape index (κ1) is 13.0. The van der Waals surface area contributed by atoms with E-state index in [9.17, 15) is 0 Å². The summed E-state index contributed by atoms with van der Waals surface area (Å²) in [4.78, 5) is 4.61. The zero-order chi connectivity index (χ0) is 11.9. The lowest BCUT2D eigenvalue weighted by Crippen LogP contribution is -2.29. The summed E-state index contributed by atoms with van der Waals surface area (Å²) in [5.41, 5.74) is 1.23. The van der Waals surface area contributed by atoms with Gasteiger partial charge in [-0.15, -0.1) is 11.3 Å². The minimum absolute atomic E-state index is 0.724. The average molecular weight is 252 g/mol. The molecule has 1 N–H and O–H groups in total. The van der Waals surface area contributed by atoms with Crippen molar-refractivity contribution in [3.63, 3.8) is 0 Å². The van der Waals surface area contributed by atoms with Gasteiger partial charge in [-0.2, -0.15) is 0 Å². The van der Waals surface area contributed by atoms with Crippen LogP contribution in [0.5, 0.6) is 0 Å². The highest BCUT2D eigenvalue weighted by Gasteiger charge is 2.11. The number of nitrogens with zero attached hydrogens (tertiary/aromatic N) is 1. The van der Waals surface area contributed by atoms with Gasteiger partial charge in [0.2, 0.25) is 0 Å². The molecule has 2 nitrogen and oxygen atoms in total. The molecule has 2 rings (SSSR count). The van der Waals surface area contributed by atoms with Gasteiger partial charge >= 0.3 is 0 Å². The van der Waals surface area contributed by atoms with Gasteiger partial charge in [0.15, 0.2) is 0 Å². The van der Waals surface area contributed by atoms with E-state index in [-0.39, 0.29) is 0 Å². The molecule has 0 aliphatic heterocycles. The van der Waals surface area contributed by atoms with Crippen LogP contribution in [0, 0.1) is 0 Å². The van der Waals surface area contributed by atoms with Crippen LogP contribution in [0.4, 0.5) is 0 Å². The van der Waals surface area contributed by atoms with Crippen molar-refractivity contribution in [2.75, 3.05) is 0 Å². The molecule has 0 bridgehead atoms. The summed E-state index contributed by atoms with van der Waals surface area (Å²) in [5, 5.41) is 7.15. The van der Waals surface area contributed by atoms with Crippen LogP contribution < -0.4 is 5.32 Å². The standard InChI is InChI=1S/C14H24N2S/c1-2-14-16-13(11-17-14)10-15-12-8-6-4-3-5-7-9-12/h11-12,15H,2-10H2,1H3. The molecule has 0 spiro atoms. The normalized spacial score (nSPS) is 18.9. The summed E-state index contributed by atoms with van der Waals surface area (Å²) in [6.45, 7) is 3.13. The lowest BCUT2D eigenvalue weighted by molar-refractivity contribution is 0.387. The number of hydrogen-bond acceptors (Lipinski definition) is 3. The van der Waals surface area contributed by atoms with E-state index in [1.807, 2.05) is 0 Å². The molecular formula is C14H24N2S. The van der Waals surface area contributed by atoms with Crippen LogP contribution in [0.15, 0.2) is 5.38 Å². The van der Waals surface area contributed by atoms with Crippen LogP contribution in [-0.4, -0.2) is 11.0 Å². The van der Waals surface area contributed by atoms with Crippen molar-refractivity contribution in [3.8, 4) is 0 Å². The van der Waals surface area contributed by atoms with Gasteiger partial charge in [-0.3, -0.25) is 0 Å². The van der Waals surface area contributed by atoms with Crippen molar-refractivity contribution in [1.29, 1.82) is 0 Å². The third-order valence-electron chi connectivity index (χ3n) is 3.58. The van der Waals surface area contributed by atoms with E-state index in [0.717, 1.165) is 19.0 Å². The molecule has 3 heteroatoms. The molecule has 0 aromatic carbocycles. The van der Waals surface area contributed by atoms with E-state index in [2.05, 4.69) is 22.6 Å². The predicted molar refractivity (Wildman–Crippen MR) is 74.4 cm³/mol. The molecular weight excluding hydrogens is 228 g/mol. The highest BCUT2D eigenvalue weighted by atomic mass is 32.1. The Kier molecular flexibility index (Phi) is 5.46. The third-order valence-corrected chi connectivity index (χ3v) is 4.62.